The van der Waals surface area contributed by atoms with E-state index in [1.807, 2.05) is 0 Å². The van der Waals surface area contributed by atoms with Gasteiger partial charge in [-0.15, -0.1) is 0 Å². The summed E-state index contributed by atoms with van der Waals surface area (Å²) in [6, 6.07) is 16.3. The number of aliphatic hydroxyl groups is 1. The van der Waals surface area contributed by atoms with Crippen molar-refractivity contribution in [3.05, 3.63) is 116 Å². The van der Waals surface area contributed by atoms with Crippen LogP contribution >= 0.6 is 11.6 Å². The molecular formula is C34H29ClN2O8. The van der Waals surface area contributed by atoms with Gasteiger partial charge < -0.3 is 24.3 Å². The van der Waals surface area contributed by atoms with E-state index in [0.717, 1.165) is 4.90 Å². The molecule has 3 heterocycles. The lowest BCUT2D eigenvalue weighted by atomic mass is 9.93. The summed E-state index contributed by atoms with van der Waals surface area (Å²) >= 11 is 6.04. The number of fused-ring (bicyclic) bond motifs is 2. The zero-order valence-electron chi connectivity index (χ0n) is 24.2. The van der Waals surface area contributed by atoms with Crippen LogP contribution < -0.4 is 15.6 Å². The number of unbranched alkanes of at least 4 members (excludes halogenated alkanes) is 1. The number of rotatable bonds is 9. The Kier molecular flexibility index (Phi) is 8.53. The third-order valence-electron chi connectivity index (χ3n) is 7.79. The average molecular weight is 629 g/mol. The molecule has 0 bridgehead atoms. The maximum absolute atomic E-state index is 13.5. The number of hydrogen-bond acceptors (Lipinski definition) is 8. The number of aliphatic hydroxyl groups excluding tert-OH is 1. The standard InChI is InChI=1S/C34H29ClN2O8/c1-19-14-22(9-11-27(19)37-33(41)23-10-8-21(35)17-25(23)34(37)42)36-32(40)29-15-20(16-30(45-29)43-13-5-4-12-38)26-18-44-28-7-3-2-6-24(28)31(26)39/h2-3,6-11,14-15,17-18,20,30,38H,4-5,12-13,16H2,1H3,(H,36,40)/t20-,30+/m1/s1. The largest absolute Gasteiger partial charge is 0.464 e. The predicted molar refractivity (Wildman–Crippen MR) is 167 cm³/mol. The minimum Gasteiger partial charge on any atom is -0.464 e. The number of aryl methyl sites for hydroxylation is 1. The van der Waals surface area contributed by atoms with Gasteiger partial charge in [-0.3, -0.25) is 19.2 Å². The molecule has 6 rings (SSSR count). The molecule has 3 amide bonds. The SMILES string of the molecule is Cc1cc(NC(=O)C2=C[C@@H](c3coc4ccccc4c3=O)C[C@@H](OCCCCO)O2)ccc1N1C(=O)c2ccc(Cl)cc2C1=O. The summed E-state index contributed by atoms with van der Waals surface area (Å²) in [6.07, 6.45) is 3.59. The molecule has 3 aromatic carbocycles. The van der Waals surface area contributed by atoms with Crippen molar-refractivity contribution in [1.82, 2.24) is 0 Å². The Morgan fingerprint density at radius 3 is 2.64 bits per heavy atom. The number of amides is 3. The molecule has 2 aliphatic heterocycles. The van der Waals surface area contributed by atoms with Crippen molar-refractivity contribution in [2.75, 3.05) is 23.4 Å². The van der Waals surface area contributed by atoms with Gasteiger partial charge in [-0.25, -0.2) is 4.90 Å². The van der Waals surface area contributed by atoms with E-state index in [1.165, 1.54) is 18.4 Å². The fourth-order valence-corrected chi connectivity index (χ4v) is 5.69. The van der Waals surface area contributed by atoms with Gasteiger partial charge >= 0.3 is 0 Å². The van der Waals surface area contributed by atoms with E-state index in [-0.39, 0.29) is 35.3 Å². The molecule has 2 N–H and O–H groups in total. The number of carbonyl (C=O) groups is 3. The maximum Gasteiger partial charge on any atom is 0.290 e. The zero-order chi connectivity index (χ0) is 31.7. The lowest BCUT2D eigenvalue weighted by molar-refractivity contribution is -0.143. The molecule has 2 atom stereocenters. The number of nitrogens with one attached hydrogen (secondary N) is 1. The summed E-state index contributed by atoms with van der Waals surface area (Å²) in [5.74, 6) is -2.08. The number of nitrogens with zero attached hydrogens (tertiary/aromatic N) is 1. The van der Waals surface area contributed by atoms with Crippen LogP contribution in [0.3, 0.4) is 0 Å². The van der Waals surface area contributed by atoms with Gasteiger partial charge in [0.2, 0.25) is 6.29 Å². The molecule has 45 heavy (non-hydrogen) atoms. The highest BCUT2D eigenvalue weighted by atomic mass is 35.5. The Balaban J connectivity index is 1.24. The van der Waals surface area contributed by atoms with Crippen molar-refractivity contribution in [3.8, 4) is 0 Å². The van der Waals surface area contributed by atoms with Gasteiger partial charge in [0.25, 0.3) is 17.7 Å². The van der Waals surface area contributed by atoms with Crippen LogP contribution in [-0.2, 0) is 14.3 Å². The molecule has 0 aliphatic carbocycles. The molecular weight excluding hydrogens is 600 g/mol. The van der Waals surface area contributed by atoms with Crippen LogP contribution in [0.15, 0.2) is 88.0 Å². The second-order valence-electron chi connectivity index (χ2n) is 10.8. The normalized spacial score (nSPS) is 17.7. The third-order valence-corrected chi connectivity index (χ3v) is 8.02. The first-order valence-corrected chi connectivity index (χ1v) is 14.8. The molecule has 11 heteroatoms. The van der Waals surface area contributed by atoms with E-state index in [9.17, 15) is 19.2 Å². The number of hydrogen-bond donors (Lipinski definition) is 2. The number of allylic oxidation sites excluding steroid dienone is 1. The number of carbonyl (C=O) groups excluding carboxylic acids is 3. The molecule has 0 unspecified atom stereocenters. The van der Waals surface area contributed by atoms with Crippen molar-refractivity contribution in [3.63, 3.8) is 0 Å². The van der Waals surface area contributed by atoms with Crippen LogP contribution in [0.2, 0.25) is 5.02 Å². The van der Waals surface area contributed by atoms with E-state index in [0.29, 0.717) is 57.9 Å². The van der Waals surface area contributed by atoms with Gasteiger partial charge in [-0.2, -0.15) is 0 Å². The van der Waals surface area contributed by atoms with E-state index >= 15 is 0 Å². The molecule has 0 radical (unpaired) electrons. The van der Waals surface area contributed by atoms with E-state index in [4.69, 9.17) is 30.6 Å². The topological polar surface area (TPSA) is 135 Å². The number of para-hydroxylation sites is 1. The summed E-state index contributed by atoms with van der Waals surface area (Å²) in [4.78, 5) is 54.0. The fourth-order valence-electron chi connectivity index (χ4n) is 5.52. The maximum atomic E-state index is 13.5. The molecule has 2 aliphatic rings. The summed E-state index contributed by atoms with van der Waals surface area (Å²) in [5, 5.41) is 12.7. The van der Waals surface area contributed by atoms with Gasteiger partial charge in [0.1, 0.15) is 5.58 Å². The Hall–Kier alpha value is -4.77. The van der Waals surface area contributed by atoms with Gasteiger partial charge in [0.15, 0.2) is 11.2 Å². The monoisotopic (exact) mass is 628 g/mol. The number of ether oxygens (including phenoxy) is 2. The molecule has 0 saturated heterocycles. The molecule has 4 aromatic rings. The lowest BCUT2D eigenvalue weighted by Crippen LogP contribution is -2.31. The zero-order valence-corrected chi connectivity index (χ0v) is 25.0. The molecule has 0 spiro atoms. The number of anilines is 2. The van der Waals surface area contributed by atoms with E-state index < -0.39 is 29.9 Å². The van der Waals surface area contributed by atoms with E-state index in [2.05, 4.69) is 5.32 Å². The van der Waals surface area contributed by atoms with Crippen molar-refractivity contribution in [1.29, 1.82) is 0 Å². The quantitative estimate of drug-likeness (QED) is 0.178. The van der Waals surface area contributed by atoms with E-state index in [1.54, 1.807) is 61.5 Å². The number of imide groups is 1. The van der Waals surface area contributed by atoms with Crippen LogP contribution in [0, 0.1) is 6.92 Å². The summed E-state index contributed by atoms with van der Waals surface area (Å²) in [6.45, 7) is 2.05. The first-order chi connectivity index (χ1) is 21.7. The molecule has 0 saturated carbocycles. The minimum absolute atomic E-state index is 0.0305. The highest BCUT2D eigenvalue weighted by Gasteiger charge is 2.37. The van der Waals surface area contributed by atoms with Crippen molar-refractivity contribution in [2.24, 2.45) is 0 Å². The Bertz CT molecular complexity index is 1920. The highest BCUT2D eigenvalue weighted by Crippen LogP contribution is 2.34. The summed E-state index contributed by atoms with van der Waals surface area (Å²) in [7, 11) is 0. The Labute approximate surface area is 262 Å². The van der Waals surface area contributed by atoms with Gasteiger partial charge in [0, 0.05) is 35.2 Å². The molecule has 230 valence electrons. The minimum atomic E-state index is -0.822. The first kappa shape index (κ1) is 30.3. The van der Waals surface area contributed by atoms with Gasteiger partial charge in [-0.05, 0) is 79.9 Å². The number of benzene rings is 3. The van der Waals surface area contributed by atoms with Crippen molar-refractivity contribution in [2.45, 2.75) is 38.4 Å². The highest BCUT2D eigenvalue weighted by molar-refractivity contribution is 6.37. The summed E-state index contributed by atoms with van der Waals surface area (Å²) < 4.78 is 17.5. The Morgan fingerprint density at radius 1 is 1.04 bits per heavy atom. The molecule has 0 fully saturated rings. The molecule has 10 nitrogen and oxygen atoms in total. The van der Waals surface area contributed by atoms with Crippen LogP contribution in [0.4, 0.5) is 11.4 Å². The molecule has 1 aromatic heterocycles. The average Bonchev–Trinajstić information content (AvgIpc) is 3.27. The lowest BCUT2D eigenvalue weighted by Gasteiger charge is -2.29. The van der Waals surface area contributed by atoms with Gasteiger partial charge in [0.05, 0.1) is 35.1 Å². The van der Waals surface area contributed by atoms with Crippen LogP contribution in [0.25, 0.3) is 11.0 Å². The Morgan fingerprint density at radius 2 is 1.84 bits per heavy atom. The second-order valence-corrected chi connectivity index (χ2v) is 11.3. The predicted octanol–water partition coefficient (Wildman–Crippen LogP) is 5.70. The summed E-state index contributed by atoms with van der Waals surface area (Å²) in [5.41, 5.74) is 2.47. The van der Waals surface area contributed by atoms with Crippen molar-refractivity contribution < 1.29 is 33.4 Å². The third kappa shape index (κ3) is 6.00. The van der Waals surface area contributed by atoms with Crippen LogP contribution in [-0.4, -0.2) is 42.3 Å². The van der Waals surface area contributed by atoms with Crippen LogP contribution in [0.1, 0.15) is 57.0 Å². The van der Waals surface area contributed by atoms with Crippen LogP contribution in [0.5, 0.6) is 0 Å². The van der Waals surface area contributed by atoms with Gasteiger partial charge in [-0.1, -0.05) is 23.7 Å². The van der Waals surface area contributed by atoms with Crippen molar-refractivity contribution >= 4 is 51.7 Å². The number of halogens is 1. The smallest absolute Gasteiger partial charge is 0.290 e. The fraction of sp³-hybridized carbons (Fsp3) is 0.235. The second kappa shape index (κ2) is 12.7. The first-order valence-electron chi connectivity index (χ1n) is 14.5.